The second-order valence-electron chi connectivity index (χ2n) is 7.71. The molecule has 1 aromatic heterocycles. The molecule has 4 rings (SSSR count). The van der Waals surface area contributed by atoms with Crippen LogP contribution in [0.4, 0.5) is 0 Å². The Morgan fingerprint density at radius 1 is 1.07 bits per heavy atom. The number of aromatic nitrogens is 3. The lowest BCUT2D eigenvalue weighted by atomic mass is 10.0. The van der Waals surface area contributed by atoms with Gasteiger partial charge in [-0.2, -0.15) is 0 Å². The average Bonchev–Trinajstić information content (AvgIpc) is 3.15. The van der Waals surface area contributed by atoms with Gasteiger partial charge in [-0.1, -0.05) is 38.1 Å². The van der Waals surface area contributed by atoms with Crippen LogP contribution in [0.1, 0.15) is 60.3 Å². The first-order chi connectivity index (χ1) is 14.4. The Hall–Kier alpha value is -3.35. The van der Waals surface area contributed by atoms with E-state index in [-0.39, 0.29) is 17.8 Å². The summed E-state index contributed by atoms with van der Waals surface area (Å²) in [5.74, 6) is 2.25. The Balaban J connectivity index is 1.54. The third-order valence-electron chi connectivity index (χ3n) is 5.17. The summed E-state index contributed by atoms with van der Waals surface area (Å²) in [5.41, 5.74) is 3.02. The number of hydrogen-bond acceptors (Lipinski definition) is 5. The number of ether oxygens (including phenoxy) is 2. The number of nitrogens with one attached hydrogen (secondary N) is 1. The zero-order valence-electron chi connectivity index (χ0n) is 17.7. The molecule has 1 amide bonds. The molecule has 0 bridgehead atoms. The maximum absolute atomic E-state index is 12.8. The number of aryl methyl sites for hydroxylation is 1. The Morgan fingerprint density at radius 2 is 1.80 bits per heavy atom. The standard InChI is InChI=1S/C23H26N4O3/c1-14(2)18-7-5-6-8-19(18)27-16(4)25-22(26-27)23(28)24-15(3)17-9-10-20-21(13-17)30-12-11-29-20/h5-10,13-15H,11-12H2,1-4H3,(H,24,28). The quantitative estimate of drug-likeness (QED) is 0.694. The highest BCUT2D eigenvalue weighted by Gasteiger charge is 2.21. The maximum Gasteiger partial charge on any atom is 0.291 e. The molecule has 7 nitrogen and oxygen atoms in total. The fourth-order valence-electron chi connectivity index (χ4n) is 3.56. The van der Waals surface area contributed by atoms with Crippen molar-refractivity contribution in [1.29, 1.82) is 0 Å². The van der Waals surface area contributed by atoms with Gasteiger partial charge in [-0.15, -0.1) is 5.10 Å². The molecule has 30 heavy (non-hydrogen) atoms. The van der Waals surface area contributed by atoms with E-state index in [0.717, 1.165) is 22.6 Å². The molecule has 0 spiro atoms. The number of para-hydroxylation sites is 1. The first kappa shape index (κ1) is 19.9. The molecule has 0 saturated heterocycles. The van der Waals surface area contributed by atoms with Gasteiger partial charge in [-0.25, -0.2) is 9.67 Å². The van der Waals surface area contributed by atoms with Crippen molar-refractivity contribution < 1.29 is 14.3 Å². The van der Waals surface area contributed by atoms with Crippen LogP contribution in [0.3, 0.4) is 0 Å². The maximum atomic E-state index is 12.8. The van der Waals surface area contributed by atoms with E-state index in [1.165, 1.54) is 0 Å². The van der Waals surface area contributed by atoms with Crippen LogP contribution in [-0.2, 0) is 0 Å². The first-order valence-electron chi connectivity index (χ1n) is 10.2. The molecule has 0 saturated carbocycles. The molecular formula is C23H26N4O3. The number of hydrogen-bond donors (Lipinski definition) is 1. The van der Waals surface area contributed by atoms with Gasteiger partial charge in [0.2, 0.25) is 5.82 Å². The molecule has 2 heterocycles. The highest BCUT2D eigenvalue weighted by molar-refractivity contribution is 5.90. The van der Waals surface area contributed by atoms with Crippen LogP contribution in [-0.4, -0.2) is 33.9 Å². The van der Waals surface area contributed by atoms with Gasteiger partial charge in [0.25, 0.3) is 5.91 Å². The van der Waals surface area contributed by atoms with Gasteiger partial charge in [0.05, 0.1) is 11.7 Å². The zero-order valence-corrected chi connectivity index (χ0v) is 17.7. The topological polar surface area (TPSA) is 78.3 Å². The largest absolute Gasteiger partial charge is 0.486 e. The fraction of sp³-hybridized carbons (Fsp3) is 0.348. The van der Waals surface area contributed by atoms with Crippen LogP contribution in [0.25, 0.3) is 5.69 Å². The highest BCUT2D eigenvalue weighted by atomic mass is 16.6. The van der Waals surface area contributed by atoms with E-state index in [4.69, 9.17) is 9.47 Å². The number of rotatable bonds is 5. The van der Waals surface area contributed by atoms with Crippen LogP contribution in [0.15, 0.2) is 42.5 Å². The molecule has 1 aliphatic rings. The SMILES string of the molecule is Cc1nc(C(=O)NC(C)c2ccc3c(c2)OCCO3)nn1-c1ccccc1C(C)C. The Bertz CT molecular complexity index is 1070. The first-order valence-corrected chi connectivity index (χ1v) is 10.2. The van der Waals surface area contributed by atoms with Gasteiger partial charge in [0, 0.05) is 0 Å². The summed E-state index contributed by atoms with van der Waals surface area (Å²) < 4.78 is 12.9. The van der Waals surface area contributed by atoms with E-state index in [1.54, 1.807) is 4.68 Å². The second kappa shape index (κ2) is 8.18. The molecule has 2 aromatic carbocycles. The van der Waals surface area contributed by atoms with Gasteiger partial charge in [-0.3, -0.25) is 4.79 Å². The predicted molar refractivity (Wildman–Crippen MR) is 113 cm³/mol. The molecule has 3 aromatic rings. The molecule has 7 heteroatoms. The smallest absolute Gasteiger partial charge is 0.291 e. The lowest BCUT2D eigenvalue weighted by Gasteiger charge is -2.20. The summed E-state index contributed by atoms with van der Waals surface area (Å²) >= 11 is 0. The van der Waals surface area contributed by atoms with Crippen LogP contribution < -0.4 is 14.8 Å². The summed E-state index contributed by atoms with van der Waals surface area (Å²) in [5, 5.41) is 7.46. The number of amides is 1. The molecule has 0 radical (unpaired) electrons. The molecule has 1 aliphatic heterocycles. The van der Waals surface area contributed by atoms with E-state index in [9.17, 15) is 4.79 Å². The van der Waals surface area contributed by atoms with Crippen molar-refractivity contribution >= 4 is 5.91 Å². The van der Waals surface area contributed by atoms with Gasteiger partial charge in [-0.05, 0) is 49.1 Å². The summed E-state index contributed by atoms with van der Waals surface area (Å²) in [6.07, 6.45) is 0. The van der Waals surface area contributed by atoms with Crippen molar-refractivity contribution in [2.45, 2.75) is 39.7 Å². The second-order valence-corrected chi connectivity index (χ2v) is 7.71. The third kappa shape index (κ3) is 3.87. The molecule has 1 unspecified atom stereocenters. The van der Waals surface area contributed by atoms with E-state index in [2.05, 4.69) is 35.3 Å². The summed E-state index contributed by atoms with van der Waals surface area (Å²) in [4.78, 5) is 17.2. The van der Waals surface area contributed by atoms with Crippen LogP contribution >= 0.6 is 0 Å². The number of carbonyl (C=O) groups excluding carboxylic acids is 1. The van der Waals surface area contributed by atoms with E-state index >= 15 is 0 Å². The monoisotopic (exact) mass is 406 g/mol. The molecule has 1 N–H and O–H groups in total. The van der Waals surface area contributed by atoms with Crippen molar-refractivity contribution in [1.82, 2.24) is 20.1 Å². The lowest BCUT2D eigenvalue weighted by Crippen LogP contribution is -2.28. The van der Waals surface area contributed by atoms with Gasteiger partial charge < -0.3 is 14.8 Å². The summed E-state index contributed by atoms with van der Waals surface area (Å²) in [6.45, 7) is 9.11. The molecule has 1 atom stereocenters. The minimum Gasteiger partial charge on any atom is -0.486 e. The molecule has 0 aliphatic carbocycles. The predicted octanol–water partition coefficient (Wildman–Crippen LogP) is 3.96. The normalized spacial score (nSPS) is 13.9. The van der Waals surface area contributed by atoms with E-state index in [0.29, 0.717) is 30.7 Å². The molecule has 156 valence electrons. The van der Waals surface area contributed by atoms with Crippen molar-refractivity contribution in [3.05, 3.63) is 65.2 Å². The van der Waals surface area contributed by atoms with Crippen molar-refractivity contribution in [3.63, 3.8) is 0 Å². The molecular weight excluding hydrogens is 380 g/mol. The zero-order chi connectivity index (χ0) is 21.3. The van der Waals surface area contributed by atoms with Crippen molar-refractivity contribution in [3.8, 4) is 17.2 Å². The Kier molecular flexibility index (Phi) is 5.44. The van der Waals surface area contributed by atoms with Crippen LogP contribution in [0.5, 0.6) is 11.5 Å². The van der Waals surface area contributed by atoms with Crippen LogP contribution in [0.2, 0.25) is 0 Å². The van der Waals surface area contributed by atoms with E-state index in [1.807, 2.05) is 50.2 Å². The Morgan fingerprint density at radius 3 is 2.57 bits per heavy atom. The van der Waals surface area contributed by atoms with Crippen molar-refractivity contribution in [2.24, 2.45) is 0 Å². The number of nitrogens with zero attached hydrogens (tertiary/aromatic N) is 3. The molecule has 0 fully saturated rings. The summed E-state index contributed by atoms with van der Waals surface area (Å²) in [6, 6.07) is 13.5. The third-order valence-corrected chi connectivity index (χ3v) is 5.17. The van der Waals surface area contributed by atoms with Gasteiger partial charge in [0.1, 0.15) is 19.0 Å². The number of carbonyl (C=O) groups is 1. The lowest BCUT2D eigenvalue weighted by molar-refractivity contribution is 0.0929. The number of fused-ring (bicyclic) bond motifs is 1. The number of benzene rings is 2. The average molecular weight is 406 g/mol. The highest BCUT2D eigenvalue weighted by Crippen LogP contribution is 2.32. The van der Waals surface area contributed by atoms with E-state index < -0.39 is 0 Å². The minimum atomic E-state index is -0.318. The van der Waals surface area contributed by atoms with Crippen molar-refractivity contribution in [2.75, 3.05) is 13.2 Å². The van der Waals surface area contributed by atoms with Gasteiger partial charge in [0.15, 0.2) is 11.5 Å². The van der Waals surface area contributed by atoms with Gasteiger partial charge >= 0.3 is 0 Å². The van der Waals surface area contributed by atoms with Crippen LogP contribution in [0, 0.1) is 6.92 Å². The fourth-order valence-corrected chi connectivity index (χ4v) is 3.56. The minimum absolute atomic E-state index is 0.149. The Labute approximate surface area is 176 Å². The summed E-state index contributed by atoms with van der Waals surface area (Å²) in [7, 11) is 0.